The van der Waals surface area contributed by atoms with Gasteiger partial charge in [0, 0.05) is 42.5 Å². The van der Waals surface area contributed by atoms with Crippen LogP contribution in [0.4, 0.5) is 11.4 Å². The number of anilines is 2. The van der Waals surface area contributed by atoms with Crippen LogP contribution < -0.4 is 4.90 Å². The Bertz CT molecular complexity index is 677. The maximum atomic E-state index is 2.74. The van der Waals surface area contributed by atoms with Crippen molar-refractivity contribution in [3.05, 3.63) is 60.2 Å². The second-order valence-electron chi connectivity index (χ2n) is 6.95. The zero-order chi connectivity index (χ0) is 14.5. The summed E-state index contributed by atoms with van der Waals surface area (Å²) in [6.45, 7) is 2.51. The number of piperidine rings is 1. The van der Waals surface area contributed by atoms with Gasteiger partial charge in [-0.1, -0.05) is 36.4 Å². The van der Waals surface area contributed by atoms with E-state index in [4.69, 9.17) is 0 Å². The molecule has 1 saturated carbocycles. The first-order valence-electron chi connectivity index (χ1n) is 8.59. The van der Waals surface area contributed by atoms with Gasteiger partial charge in [0.25, 0.3) is 0 Å². The number of nitrogens with zero attached hydrogens (tertiary/aromatic N) is 2. The van der Waals surface area contributed by atoms with Crippen LogP contribution in [0.15, 0.2) is 54.6 Å². The molecule has 1 aliphatic carbocycles. The molecule has 1 saturated heterocycles. The molecular weight excluding hydrogens is 268 g/mol. The van der Waals surface area contributed by atoms with Crippen LogP contribution in [-0.4, -0.2) is 30.1 Å². The van der Waals surface area contributed by atoms with E-state index in [0.717, 1.165) is 6.04 Å². The minimum atomic E-state index is 0.634. The van der Waals surface area contributed by atoms with Crippen molar-refractivity contribution in [1.29, 1.82) is 0 Å². The summed E-state index contributed by atoms with van der Waals surface area (Å²) in [6.07, 6.45) is 4.12. The second-order valence-corrected chi connectivity index (χ2v) is 6.95. The Hall–Kier alpha value is -1.80. The topological polar surface area (TPSA) is 6.48 Å². The molecule has 3 aliphatic rings. The van der Waals surface area contributed by atoms with E-state index in [1.807, 2.05) is 0 Å². The molecule has 112 valence electrons. The highest BCUT2D eigenvalue weighted by Crippen LogP contribution is 2.49. The fraction of sp³-hybridized carbons (Fsp3) is 0.400. The van der Waals surface area contributed by atoms with Gasteiger partial charge in [-0.25, -0.2) is 0 Å². The van der Waals surface area contributed by atoms with Crippen LogP contribution in [0.25, 0.3) is 0 Å². The minimum absolute atomic E-state index is 0.634. The molecule has 2 aromatic rings. The summed E-state index contributed by atoms with van der Waals surface area (Å²) in [7, 11) is 0. The van der Waals surface area contributed by atoms with E-state index < -0.39 is 0 Å². The van der Waals surface area contributed by atoms with Gasteiger partial charge in [-0.3, -0.25) is 4.90 Å². The Labute approximate surface area is 132 Å². The molecule has 0 aromatic heterocycles. The van der Waals surface area contributed by atoms with E-state index in [1.54, 1.807) is 5.56 Å². The molecule has 0 spiro atoms. The average molecular weight is 290 g/mol. The lowest BCUT2D eigenvalue weighted by Gasteiger charge is -2.39. The van der Waals surface area contributed by atoms with E-state index in [2.05, 4.69) is 64.4 Å². The first-order chi connectivity index (χ1) is 10.9. The van der Waals surface area contributed by atoms with Gasteiger partial charge in [0.05, 0.1) is 0 Å². The van der Waals surface area contributed by atoms with Gasteiger partial charge in [-0.2, -0.15) is 0 Å². The third kappa shape index (κ3) is 1.90. The van der Waals surface area contributed by atoms with E-state index in [-0.39, 0.29) is 0 Å². The second kappa shape index (κ2) is 4.85. The normalized spacial score (nSPS) is 27.5. The van der Waals surface area contributed by atoms with Crippen molar-refractivity contribution in [2.45, 2.75) is 37.3 Å². The van der Waals surface area contributed by atoms with Crippen LogP contribution in [0.2, 0.25) is 0 Å². The Kier molecular flexibility index (Phi) is 2.80. The predicted octanol–water partition coefficient (Wildman–Crippen LogP) is 4.16. The lowest BCUT2D eigenvalue weighted by molar-refractivity contribution is 0.188. The summed E-state index contributed by atoms with van der Waals surface area (Å²) in [5.41, 5.74) is 4.34. The van der Waals surface area contributed by atoms with Crippen LogP contribution in [0.1, 0.15) is 30.7 Å². The molecule has 0 N–H and O–H groups in total. The number of para-hydroxylation sites is 2. The fourth-order valence-corrected chi connectivity index (χ4v) is 4.47. The third-order valence-corrected chi connectivity index (χ3v) is 5.63. The van der Waals surface area contributed by atoms with Crippen molar-refractivity contribution >= 4 is 11.4 Å². The molecule has 2 atom stereocenters. The molecule has 0 amide bonds. The Morgan fingerprint density at radius 1 is 0.818 bits per heavy atom. The molecule has 2 nitrogen and oxygen atoms in total. The minimum Gasteiger partial charge on any atom is -0.337 e. The van der Waals surface area contributed by atoms with Gasteiger partial charge in [0.1, 0.15) is 0 Å². The van der Waals surface area contributed by atoms with Gasteiger partial charge in [0.15, 0.2) is 0 Å². The lowest BCUT2D eigenvalue weighted by atomic mass is 9.89. The number of hydrogen-bond donors (Lipinski definition) is 0. The molecule has 0 unspecified atom stereocenters. The summed E-state index contributed by atoms with van der Waals surface area (Å²) >= 11 is 0. The van der Waals surface area contributed by atoms with Crippen molar-refractivity contribution in [3.63, 3.8) is 0 Å². The Morgan fingerprint density at radius 2 is 1.59 bits per heavy atom. The Morgan fingerprint density at radius 3 is 2.41 bits per heavy atom. The number of fused-ring (bicyclic) bond motifs is 3. The number of benzene rings is 2. The van der Waals surface area contributed by atoms with Gasteiger partial charge in [-0.05, 0) is 43.0 Å². The van der Waals surface area contributed by atoms with Crippen molar-refractivity contribution in [3.8, 4) is 0 Å². The van der Waals surface area contributed by atoms with Crippen LogP contribution >= 0.6 is 0 Å². The lowest BCUT2D eigenvalue weighted by Crippen LogP contribution is -2.45. The summed E-state index contributed by atoms with van der Waals surface area (Å²) in [5.74, 6) is 0.672. The largest absolute Gasteiger partial charge is 0.337 e. The zero-order valence-corrected chi connectivity index (χ0v) is 12.9. The first kappa shape index (κ1) is 12.7. The molecule has 0 bridgehead atoms. The predicted molar refractivity (Wildman–Crippen MR) is 90.8 cm³/mol. The molecule has 2 heteroatoms. The third-order valence-electron chi connectivity index (χ3n) is 5.63. The van der Waals surface area contributed by atoms with Crippen molar-refractivity contribution < 1.29 is 0 Å². The summed E-state index contributed by atoms with van der Waals surface area (Å²) < 4.78 is 0. The smallest absolute Gasteiger partial charge is 0.0450 e. The van der Waals surface area contributed by atoms with Gasteiger partial charge in [-0.15, -0.1) is 0 Å². The SMILES string of the molecule is c1ccc(N2c3ccccc3[C@@H]3CN(C4CC4)CC[C@H]32)cc1. The number of likely N-dealkylation sites (tertiary alicyclic amines) is 1. The monoisotopic (exact) mass is 290 g/mol. The van der Waals surface area contributed by atoms with Crippen LogP contribution in [-0.2, 0) is 0 Å². The molecule has 2 aliphatic heterocycles. The standard InChI is InChI=1S/C20H22N2/c1-2-6-16(7-3-1)22-19-9-5-4-8-17(19)18-14-21(15-10-11-15)13-12-20(18)22/h1-9,15,18,20H,10-14H2/t18-,20+/m0/s1. The van der Waals surface area contributed by atoms with Crippen molar-refractivity contribution in [2.24, 2.45) is 0 Å². The van der Waals surface area contributed by atoms with Gasteiger partial charge in [0.2, 0.25) is 0 Å². The zero-order valence-electron chi connectivity index (χ0n) is 12.9. The van der Waals surface area contributed by atoms with Crippen LogP contribution in [0, 0.1) is 0 Å². The highest BCUT2D eigenvalue weighted by Gasteiger charge is 2.44. The maximum Gasteiger partial charge on any atom is 0.0450 e. The van der Waals surface area contributed by atoms with E-state index in [0.29, 0.717) is 12.0 Å². The quantitative estimate of drug-likeness (QED) is 0.819. The van der Waals surface area contributed by atoms with Gasteiger partial charge < -0.3 is 4.90 Å². The highest BCUT2D eigenvalue weighted by atomic mass is 15.3. The molecule has 0 radical (unpaired) electrons. The highest BCUT2D eigenvalue weighted by molar-refractivity contribution is 5.72. The van der Waals surface area contributed by atoms with E-state index in [1.165, 1.54) is 43.7 Å². The van der Waals surface area contributed by atoms with E-state index >= 15 is 0 Å². The fourth-order valence-electron chi connectivity index (χ4n) is 4.47. The maximum absolute atomic E-state index is 2.74. The van der Waals surface area contributed by atoms with Gasteiger partial charge >= 0.3 is 0 Å². The number of rotatable bonds is 2. The molecule has 5 rings (SSSR count). The summed E-state index contributed by atoms with van der Waals surface area (Å²) in [5, 5.41) is 0. The van der Waals surface area contributed by atoms with Crippen LogP contribution in [0.5, 0.6) is 0 Å². The molecule has 2 aromatic carbocycles. The Balaban J connectivity index is 1.56. The summed E-state index contributed by atoms with van der Waals surface area (Å²) in [4.78, 5) is 5.34. The van der Waals surface area contributed by atoms with E-state index in [9.17, 15) is 0 Å². The molecular formula is C20H22N2. The number of hydrogen-bond acceptors (Lipinski definition) is 2. The molecule has 2 heterocycles. The first-order valence-corrected chi connectivity index (χ1v) is 8.59. The van der Waals surface area contributed by atoms with Crippen molar-refractivity contribution in [1.82, 2.24) is 4.90 Å². The summed E-state index contributed by atoms with van der Waals surface area (Å²) in [6, 6.07) is 21.5. The van der Waals surface area contributed by atoms with Crippen LogP contribution in [0.3, 0.4) is 0 Å². The van der Waals surface area contributed by atoms with Crippen molar-refractivity contribution in [2.75, 3.05) is 18.0 Å². The molecule has 2 fully saturated rings. The average Bonchev–Trinajstić information content (AvgIpc) is 3.38. The molecule has 22 heavy (non-hydrogen) atoms.